The van der Waals surface area contributed by atoms with Gasteiger partial charge in [-0.05, 0) is 37.1 Å². The molecule has 1 aliphatic rings. The maximum atomic E-state index is 12.6. The summed E-state index contributed by atoms with van der Waals surface area (Å²) in [6.45, 7) is 1.41. The molecule has 0 amide bonds. The van der Waals surface area contributed by atoms with E-state index in [4.69, 9.17) is 9.47 Å². The van der Waals surface area contributed by atoms with Crippen LogP contribution in [0.2, 0.25) is 0 Å². The van der Waals surface area contributed by atoms with Crippen molar-refractivity contribution in [1.82, 2.24) is 4.31 Å². The minimum atomic E-state index is -3.72. The topological polar surface area (TPSA) is 111 Å². The Hall–Kier alpha value is -2.85. The van der Waals surface area contributed by atoms with Crippen molar-refractivity contribution in [3.63, 3.8) is 0 Å². The molecule has 1 N–H and O–H groups in total. The highest BCUT2D eigenvalue weighted by molar-refractivity contribution is 7.89. The third-order valence-corrected chi connectivity index (χ3v) is 6.51. The van der Waals surface area contributed by atoms with Gasteiger partial charge in [0.25, 0.3) is 5.69 Å². The van der Waals surface area contributed by atoms with E-state index in [1.807, 2.05) is 12.1 Å². The summed E-state index contributed by atoms with van der Waals surface area (Å²) in [5.74, 6) is 1.16. The van der Waals surface area contributed by atoms with Crippen molar-refractivity contribution >= 4 is 21.4 Å². The number of para-hydroxylation sites is 2. The molecule has 0 saturated carbocycles. The van der Waals surface area contributed by atoms with E-state index in [0.29, 0.717) is 24.6 Å². The molecule has 1 heterocycles. The molecule has 3 rings (SSSR count). The smallest absolute Gasteiger partial charge is 0.293 e. The van der Waals surface area contributed by atoms with Crippen LogP contribution in [0.4, 0.5) is 11.4 Å². The summed E-state index contributed by atoms with van der Waals surface area (Å²) in [5, 5.41) is 14.4. The Balaban J connectivity index is 1.68. The number of benzene rings is 2. The van der Waals surface area contributed by atoms with Crippen LogP contribution >= 0.6 is 0 Å². The number of nitrogens with zero attached hydrogens (tertiary/aromatic N) is 2. The van der Waals surface area contributed by atoms with Crippen molar-refractivity contribution in [3.05, 3.63) is 52.6 Å². The van der Waals surface area contributed by atoms with Crippen molar-refractivity contribution in [2.75, 3.05) is 38.7 Å². The van der Waals surface area contributed by atoms with Gasteiger partial charge in [-0.15, -0.1) is 0 Å². The van der Waals surface area contributed by atoms with Gasteiger partial charge in [-0.2, -0.15) is 4.31 Å². The molecule has 156 valence electrons. The molecule has 9 nitrogen and oxygen atoms in total. The highest BCUT2D eigenvalue weighted by Crippen LogP contribution is 2.30. The lowest BCUT2D eigenvalue weighted by Gasteiger charge is -2.16. The van der Waals surface area contributed by atoms with Crippen LogP contribution in [-0.4, -0.2) is 51.0 Å². The Labute approximate surface area is 169 Å². The van der Waals surface area contributed by atoms with Gasteiger partial charge < -0.3 is 14.8 Å². The third-order valence-electron chi connectivity index (χ3n) is 4.61. The fourth-order valence-corrected chi connectivity index (χ4v) is 4.67. The summed E-state index contributed by atoms with van der Waals surface area (Å²) in [7, 11) is -2.17. The van der Waals surface area contributed by atoms with E-state index in [9.17, 15) is 18.5 Å². The Bertz CT molecular complexity index is 974. The van der Waals surface area contributed by atoms with Gasteiger partial charge in [0, 0.05) is 25.7 Å². The van der Waals surface area contributed by atoms with Crippen molar-refractivity contribution in [2.24, 2.45) is 0 Å². The van der Waals surface area contributed by atoms with E-state index in [1.54, 1.807) is 19.2 Å². The molecule has 1 saturated heterocycles. The first kappa shape index (κ1) is 20.9. The monoisotopic (exact) mass is 421 g/mol. The fourth-order valence-electron chi connectivity index (χ4n) is 3.13. The summed E-state index contributed by atoms with van der Waals surface area (Å²) >= 11 is 0. The van der Waals surface area contributed by atoms with Crippen LogP contribution in [0.1, 0.15) is 12.8 Å². The van der Waals surface area contributed by atoms with Gasteiger partial charge >= 0.3 is 0 Å². The summed E-state index contributed by atoms with van der Waals surface area (Å²) in [4.78, 5) is 10.8. The molecule has 0 unspecified atom stereocenters. The molecule has 10 heteroatoms. The van der Waals surface area contributed by atoms with E-state index < -0.39 is 14.9 Å². The van der Waals surface area contributed by atoms with Crippen LogP contribution in [0.15, 0.2) is 47.4 Å². The lowest BCUT2D eigenvalue weighted by Crippen LogP contribution is -2.27. The van der Waals surface area contributed by atoms with Gasteiger partial charge in [-0.25, -0.2) is 8.42 Å². The number of nitrogens with one attached hydrogen (secondary N) is 1. The van der Waals surface area contributed by atoms with E-state index in [2.05, 4.69) is 5.32 Å². The number of hydrogen-bond acceptors (Lipinski definition) is 7. The van der Waals surface area contributed by atoms with Crippen LogP contribution in [0, 0.1) is 10.1 Å². The lowest BCUT2D eigenvalue weighted by atomic mass is 10.2. The van der Waals surface area contributed by atoms with Crippen molar-refractivity contribution in [2.45, 2.75) is 17.7 Å². The van der Waals surface area contributed by atoms with Crippen molar-refractivity contribution in [3.8, 4) is 11.5 Å². The molecule has 0 spiro atoms. The van der Waals surface area contributed by atoms with Crippen molar-refractivity contribution < 1.29 is 22.8 Å². The molecule has 29 heavy (non-hydrogen) atoms. The average Bonchev–Trinajstić information content (AvgIpc) is 3.27. The zero-order valence-electron chi connectivity index (χ0n) is 16.0. The van der Waals surface area contributed by atoms with Crippen LogP contribution in [-0.2, 0) is 10.0 Å². The van der Waals surface area contributed by atoms with Crippen molar-refractivity contribution in [1.29, 1.82) is 0 Å². The first-order chi connectivity index (χ1) is 13.9. The average molecular weight is 421 g/mol. The SMILES string of the molecule is COc1ccccc1OCCNc1ccc(S(=O)(=O)N2CCCC2)cc1[N+](=O)[O-]. The summed E-state index contributed by atoms with van der Waals surface area (Å²) in [6, 6.07) is 11.1. The molecule has 1 aliphatic heterocycles. The first-order valence-corrected chi connectivity index (χ1v) is 10.7. The number of nitro benzene ring substituents is 1. The van der Waals surface area contributed by atoms with Gasteiger partial charge in [0.1, 0.15) is 12.3 Å². The van der Waals surface area contributed by atoms with Crippen LogP contribution in [0.3, 0.4) is 0 Å². The Kier molecular flexibility index (Phi) is 6.55. The highest BCUT2D eigenvalue weighted by atomic mass is 32.2. The predicted octanol–water partition coefficient (Wildman–Crippen LogP) is 2.88. The number of nitro groups is 1. The lowest BCUT2D eigenvalue weighted by molar-refractivity contribution is -0.384. The molecule has 0 radical (unpaired) electrons. The molecule has 0 bridgehead atoms. The quantitative estimate of drug-likeness (QED) is 0.376. The number of sulfonamides is 1. The van der Waals surface area contributed by atoms with Crippen LogP contribution in [0.25, 0.3) is 0 Å². The number of methoxy groups -OCH3 is 1. The maximum Gasteiger partial charge on any atom is 0.293 e. The first-order valence-electron chi connectivity index (χ1n) is 9.22. The van der Waals surface area contributed by atoms with E-state index >= 15 is 0 Å². The van der Waals surface area contributed by atoms with Gasteiger partial charge in [0.2, 0.25) is 10.0 Å². The largest absolute Gasteiger partial charge is 0.493 e. The van der Waals surface area contributed by atoms with Gasteiger partial charge in [0.15, 0.2) is 11.5 Å². The Morgan fingerprint density at radius 2 is 1.83 bits per heavy atom. The van der Waals surface area contributed by atoms with Crippen LogP contribution < -0.4 is 14.8 Å². The molecule has 0 aromatic heterocycles. The fraction of sp³-hybridized carbons (Fsp3) is 0.368. The predicted molar refractivity (Wildman–Crippen MR) is 108 cm³/mol. The summed E-state index contributed by atoms with van der Waals surface area (Å²) in [5.41, 5.74) is -0.0541. The molecular weight excluding hydrogens is 398 g/mol. The summed E-state index contributed by atoms with van der Waals surface area (Å²) in [6.07, 6.45) is 1.60. The van der Waals surface area contributed by atoms with E-state index in [-0.39, 0.29) is 29.4 Å². The molecular formula is C19H23N3O6S. The second-order valence-electron chi connectivity index (χ2n) is 6.47. The van der Waals surface area contributed by atoms with Gasteiger partial charge in [-0.1, -0.05) is 12.1 Å². The number of anilines is 1. The number of hydrogen-bond donors (Lipinski definition) is 1. The normalized spacial score (nSPS) is 14.5. The molecule has 2 aromatic carbocycles. The highest BCUT2D eigenvalue weighted by Gasteiger charge is 2.29. The van der Waals surface area contributed by atoms with Gasteiger partial charge in [-0.3, -0.25) is 10.1 Å². The molecule has 2 aromatic rings. The maximum absolute atomic E-state index is 12.6. The van der Waals surface area contributed by atoms with E-state index in [1.165, 1.54) is 16.4 Å². The van der Waals surface area contributed by atoms with E-state index in [0.717, 1.165) is 18.9 Å². The minimum Gasteiger partial charge on any atom is -0.493 e. The minimum absolute atomic E-state index is 0.0677. The molecule has 0 atom stereocenters. The zero-order valence-corrected chi connectivity index (χ0v) is 16.9. The Morgan fingerprint density at radius 3 is 2.48 bits per heavy atom. The Morgan fingerprint density at radius 1 is 1.14 bits per heavy atom. The third kappa shape index (κ3) is 4.77. The molecule has 0 aliphatic carbocycles. The number of rotatable bonds is 9. The van der Waals surface area contributed by atoms with Gasteiger partial charge in [0.05, 0.1) is 16.9 Å². The second kappa shape index (κ2) is 9.10. The summed E-state index contributed by atoms with van der Waals surface area (Å²) < 4.78 is 37.5. The number of ether oxygens (including phenoxy) is 2. The second-order valence-corrected chi connectivity index (χ2v) is 8.41. The van der Waals surface area contributed by atoms with Crippen LogP contribution in [0.5, 0.6) is 11.5 Å². The zero-order chi connectivity index (χ0) is 20.9. The molecule has 1 fully saturated rings. The standard InChI is InChI=1S/C19H23N3O6S/c1-27-18-6-2-3-7-19(18)28-13-10-20-16-9-8-15(14-17(16)22(23)24)29(25,26)21-11-4-5-12-21/h2-3,6-9,14,20H,4-5,10-13H2,1H3.